The molecular weight excluding hydrogens is 361 g/mol. The number of aromatic nitrogens is 4. The predicted octanol–water partition coefficient (Wildman–Crippen LogP) is -0.0389. The highest BCUT2D eigenvalue weighted by molar-refractivity contribution is 5.78. The zero-order valence-corrected chi connectivity index (χ0v) is 15.4. The number of imidazole rings is 1. The van der Waals surface area contributed by atoms with Crippen LogP contribution in [-0.4, -0.2) is 60.9 Å². The Labute approximate surface area is 154 Å². The number of halogens is 1. The molecule has 2 aromatic rings. The lowest BCUT2D eigenvalue weighted by molar-refractivity contribution is -0.0799. The second-order valence-corrected chi connectivity index (χ2v) is 6.47. The van der Waals surface area contributed by atoms with Crippen molar-refractivity contribution >= 4 is 17.1 Å². The molecule has 27 heavy (non-hydrogen) atoms. The van der Waals surface area contributed by atoms with E-state index in [0.29, 0.717) is 13.0 Å². The molecule has 150 valence electrons. The number of aliphatic hydroxyl groups is 2. The Morgan fingerprint density at radius 1 is 1.41 bits per heavy atom. The molecule has 0 unspecified atom stereocenters. The summed E-state index contributed by atoms with van der Waals surface area (Å²) in [4.78, 5) is 21.1. The van der Waals surface area contributed by atoms with Gasteiger partial charge in [-0.1, -0.05) is 13.8 Å². The first-order chi connectivity index (χ1) is 12.8. The number of aryl methyl sites for hydroxylation is 1. The van der Waals surface area contributed by atoms with E-state index in [4.69, 9.17) is 15.2 Å². The van der Waals surface area contributed by atoms with Gasteiger partial charge in [-0.3, -0.25) is 4.57 Å². The maximum absolute atomic E-state index is 14.5. The molecule has 5 atom stereocenters. The molecular formula is C16H24FN5O5. The van der Waals surface area contributed by atoms with E-state index in [2.05, 4.69) is 9.97 Å². The van der Waals surface area contributed by atoms with Crippen LogP contribution < -0.4 is 16.2 Å². The van der Waals surface area contributed by atoms with Gasteiger partial charge in [0, 0.05) is 6.54 Å². The summed E-state index contributed by atoms with van der Waals surface area (Å²) in [6, 6.07) is 0. The Kier molecular flexibility index (Phi) is 5.36. The normalized spacial score (nSPS) is 26.6. The molecule has 4 N–H and O–H groups in total. The maximum Gasteiger partial charge on any atom is 0.332 e. The van der Waals surface area contributed by atoms with Crippen molar-refractivity contribution in [3.05, 3.63) is 10.5 Å². The molecule has 0 bridgehead atoms. The first kappa shape index (κ1) is 19.5. The van der Waals surface area contributed by atoms with E-state index < -0.39 is 36.4 Å². The van der Waals surface area contributed by atoms with Crippen LogP contribution in [0, 0.1) is 0 Å². The van der Waals surface area contributed by atoms with E-state index in [0.717, 1.165) is 4.57 Å². The monoisotopic (exact) mass is 385 g/mol. The van der Waals surface area contributed by atoms with Gasteiger partial charge in [-0.2, -0.15) is 9.97 Å². The van der Waals surface area contributed by atoms with Gasteiger partial charge < -0.3 is 25.4 Å². The van der Waals surface area contributed by atoms with Gasteiger partial charge in [0.1, 0.15) is 12.2 Å². The number of alkyl halides is 1. The van der Waals surface area contributed by atoms with Crippen molar-refractivity contribution in [3.8, 4) is 5.88 Å². The molecule has 1 saturated heterocycles. The van der Waals surface area contributed by atoms with Crippen molar-refractivity contribution in [1.82, 2.24) is 19.1 Å². The van der Waals surface area contributed by atoms with Crippen molar-refractivity contribution in [2.45, 2.75) is 63.9 Å². The number of nitrogen functional groups attached to an aromatic ring is 1. The van der Waals surface area contributed by atoms with Crippen molar-refractivity contribution < 1.29 is 24.1 Å². The third-order valence-electron chi connectivity index (χ3n) is 4.71. The second kappa shape index (κ2) is 7.41. The molecule has 11 heteroatoms. The summed E-state index contributed by atoms with van der Waals surface area (Å²) in [5.74, 6) is -0.0487. The fourth-order valence-electron chi connectivity index (χ4n) is 3.38. The molecule has 3 rings (SSSR count). The van der Waals surface area contributed by atoms with Gasteiger partial charge in [0.25, 0.3) is 0 Å². The van der Waals surface area contributed by atoms with Gasteiger partial charge in [-0.25, -0.2) is 13.8 Å². The van der Waals surface area contributed by atoms with E-state index >= 15 is 0 Å². The van der Waals surface area contributed by atoms with Crippen LogP contribution in [0.2, 0.25) is 0 Å². The highest BCUT2D eigenvalue weighted by Gasteiger charge is 2.49. The number of anilines is 1. The topological polar surface area (TPSA) is 138 Å². The van der Waals surface area contributed by atoms with E-state index in [-0.39, 0.29) is 29.4 Å². The summed E-state index contributed by atoms with van der Waals surface area (Å²) in [7, 11) is 1.38. The van der Waals surface area contributed by atoms with Crippen LogP contribution in [0.25, 0.3) is 11.2 Å². The minimum atomic E-state index is -1.86. The van der Waals surface area contributed by atoms with Crippen molar-refractivity contribution in [2.24, 2.45) is 0 Å². The SMILES string of the molecule is CCCn1c(=O)n([C@@H]2O[C@H]([C@@H](O)CC)[C@H](F)[C@H]2O)c2nc(N)nc(OC)c21. The molecule has 10 nitrogen and oxygen atoms in total. The standard InChI is InChI=1S/C16H24FN5O5/c1-4-6-21-9-12(19-15(18)20-13(9)26-3)22(16(21)25)14-10(24)8(17)11(27-14)7(23)5-2/h7-8,10-11,14,23-24H,4-6H2,1-3H3,(H2,18,19,20)/t7-,8+,10+,11+,14+/m0/s1. The van der Waals surface area contributed by atoms with Gasteiger partial charge in [-0.05, 0) is 12.8 Å². The molecule has 0 saturated carbocycles. The summed E-state index contributed by atoms with van der Waals surface area (Å²) in [6.45, 7) is 3.87. The van der Waals surface area contributed by atoms with Crippen molar-refractivity contribution in [1.29, 1.82) is 0 Å². The Balaban J connectivity index is 2.21. The Hall–Kier alpha value is -2.24. The average molecular weight is 385 g/mol. The number of methoxy groups -OCH3 is 1. The molecule has 3 heterocycles. The predicted molar refractivity (Wildman–Crippen MR) is 94.2 cm³/mol. The van der Waals surface area contributed by atoms with Crippen LogP contribution in [-0.2, 0) is 11.3 Å². The van der Waals surface area contributed by atoms with Gasteiger partial charge >= 0.3 is 5.69 Å². The minimum absolute atomic E-state index is 0.0701. The first-order valence-electron chi connectivity index (χ1n) is 8.83. The van der Waals surface area contributed by atoms with Crippen LogP contribution in [0.15, 0.2) is 4.79 Å². The average Bonchev–Trinajstić information content (AvgIpc) is 3.08. The summed E-state index contributed by atoms with van der Waals surface area (Å²) in [5, 5.41) is 20.3. The molecule has 1 aliphatic rings. The Morgan fingerprint density at radius 3 is 2.70 bits per heavy atom. The van der Waals surface area contributed by atoms with Gasteiger partial charge in [0.15, 0.2) is 23.6 Å². The van der Waals surface area contributed by atoms with E-state index in [1.54, 1.807) is 6.92 Å². The quantitative estimate of drug-likeness (QED) is 0.630. The third kappa shape index (κ3) is 3.05. The van der Waals surface area contributed by atoms with Gasteiger partial charge in [0.2, 0.25) is 11.8 Å². The zero-order chi connectivity index (χ0) is 19.9. The van der Waals surface area contributed by atoms with Crippen LogP contribution >= 0.6 is 0 Å². The number of hydrogen-bond acceptors (Lipinski definition) is 8. The van der Waals surface area contributed by atoms with E-state index in [1.165, 1.54) is 11.7 Å². The number of rotatable bonds is 6. The Bertz CT molecular complexity index is 884. The number of fused-ring (bicyclic) bond motifs is 1. The number of nitrogens with two attached hydrogens (primary N) is 1. The Morgan fingerprint density at radius 2 is 2.11 bits per heavy atom. The molecule has 0 spiro atoms. The van der Waals surface area contributed by atoms with Crippen molar-refractivity contribution in [2.75, 3.05) is 12.8 Å². The zero-order valence-electron chi connectivity index (χ0n) is 15.4. The largest absolute Gasteiger partial charge is 0.479 e. The van der Waals surface area contributed by atoms with Crippen LogP contribution in [0.4, 0.5) is 10.3 Å². The second-order valence-electron chi connectivity index (χ2n) is 6.47. The fourth-order valence-corrected chi connectivity index (χ4v) is 3.38. The molecule has 0 aliphatic carbocycles. The van der Waals surface area contributed by atoms with Crippen LogP contribution in [0.1, 0.15) is 32.9 Å². The summed E-state index contributed by atoms with van der Waals surface area (Å²) in [6.07, 6.45) is -6.39. The molecule has 0 radical (unpaired) electrons. The van der Waals surface area contributed by atoms with Gasteiger partial charge in [-0.15, -0.1) is 0 Å². The van der Waals surface area contributed by atoms with Crippen molar-refractivity contribution in [3.63, 3.8) is 0 Å². The molecule has 1 fully saturated rings. The molecule has 2 aromatic heterocycles. The van der Waals surface area contributed by atoms with Gasteiger partial charge in [0.05, 0.1) is 13.2 Å². The molecule has 0 aromatic carbocycles. The third-order valence-corrected chi connectivity index (χ3v) is 4.71. The van der Waals surface area contributed by atoms with E-state index in [9.17, 15) is 19.4 Å². The summed E-state index contributed by atoms with van der Waals surface area (Å²) in [5.41, 5.74) is 5.51. The number of nitrogens with zero attached hydrogens (tertiary/aromatic N) is 4. The first-order valence-corrected chi connectivity index (χ1v) is 8.83. The number of hydrogen-bond donors (Lipinski definition) is 3. The molecule has 1 aliphatic heterocycles. The highest BCUT2D eigenvalue weighted by Crippen LogP contribution is 2.35. The number of aliphatic hydroxyl groups excluding tert-OH is 2. The fraction of sp³-hybridized carbons (Fsp3) is 0.688. The van der Waals surface area contributed by atoms with Crippen LogP contribution in [0.3, 0.4) is 0 Å². The maximum atomic E-state index is 14.5. The summed E-state index contributed by atoms with van der Waals surface area (Å²) >= 11 is 0. The summed E-state index contributed by atoms with van der Waals surface area (Å²) < 4.78 is 27.7. The lowest BCUT2D eigenvalue weighted by atomic mass is 10.1. The highest BCUT2D eigenvalue weighted by atomic mass is 19.1. The van der Waals surface area contributed by atoms with E-state index in [1.807, 2.05) is 6.92 Å². The lowest BCUT2D eigenvalue weighted by Gasteiger charge is -2.18. The lowest BCUT2D eigenvalue weighted by Crippen LogP contribution is -2.36. The number of ether oxygens (including phenoxy) is 2. The minimum Gasteiger partial charge on any atom is -0.479 e. The van der Waals surface area contributed by atoms with Crippen LogP contribution in [0.5, 0.6) is 5.88 Å². The smallest absolute Gasteiger partial charge is 0.332 e. The molecule has 0 amide bonds.